The van der Waals surface area contributed by atoms with Crippen molar-refractivity contribution in [3.05, 3.63) is 0 Å². The summed E-state index contributed by atoms with van der Waals surface area (Å²) in [4.78, 5) is 0. The predicted molar refractivity (Wildman–Crippen MR) is 43.2 cm³/mol. The van der Waals surface area contributed by atoms with Crippen molar-refractivity contribution in [2.24, 2.45) is 0 Å². The van der Waals surface area contributed by atoms with Crippen molar-refractivity contribution in [1.82, 2.24) is 0 Å². The Morgan fingerprint density at radius 1 is 1.67 bits per heavy atom. The molecular formula is C5H13O2PS. The molecule has 9 heavy (non-hydrogen) atoms. The molecule has 0 aromatic rings. The molecule has 0 N–H and O–H groups in total. The van der Waals surface area contributed by atoms with Gasteiger partial charge in [-0.3, -0.25) is 4.18 Å². The molecule has 2 nitrogen and oxygen atoms in total. The second-order valence-corrected chi connectivity index (χ2v) is 5.40. The van der Waals surface area contributed by atoms with Gasteiger partial charge in [-0.2, -0.15) is 0 Å². The molecule has 0 heterocycles. The highest BCUT2D eigenvalue weighted by Gasteiger charge is 1.99. The lowest BCUT2D eigenvalue weighted by molar-refractivity contribution is 0.276. The van der Waals surface area contributed by atoms with E-state index in [0.717, 1.165) is 6.16 Å². The lowest BCUT2D eigenvalue weighted by Crippen LogP contribution is -2.01. The summed E-state index contributed by atoms with van der Waals surface area (Å²) in [5, 5.41) is 0. The molecule has 0 aliphatic carbocycles. The van der Waals surface area contributed by atoms with Gasteiger partial charge in [-0.1, -0.05) is 6.92 Å². The summed E-state index contributed by atoms with van der Waals surface area (Å²) < 4.78 is 15.7. The molecule has 0 aromatic carbocycles. The van der Waals surface area contributed by atoms with Crippen LogP contribution in [0, 0.1) is 0 Å². The highest BCUT2D eigenvalue weighted by molar-refractivity contribution is 8.37. The summed E-state index contributed by atoms with van der Waals surface area (Å²) >= 11 is 0. The Morgan fingerprint density at radius 2 is 2.22 bits per heavy atom. The minimum absolute atomic E-state index is 0.0879. The summed E-state index contributed by atoms with van der Waals surface area (Å²) in [5.74, 6) is 0. The van der Waals surface area contributed by atoms with Crippen LogP contribution in [-0.2, 0) is 14.9 Å². The Balaban J connectivity index is 3.27. The molecule has 0 bridgehead atoms. The SMILES string of the molecule is CCPS(=O)OC(C)C. The Hall–Kier alpha value is 0.540. The largest absolute Gasteiger partial charge is 0.285 e. The summed E-state index contributed by atoms with van der Waals surface area (Å²) in [6.07, 6.45) is 1.03. The molecule has 2 atom stereocenters. The molecule has 0 aliphatic rings. The van der Waals surface area contributed by atoms with E-state index < -0.39 is 10.7 Å². The molecule has 0 fully saturated rings. The third-order valence-corrected chi connectivity index (χ3v) is 3.49. The van der Waals surface area contributed by atoms with Crippen LogP contribution in [0.4, 0.5) is 0 Å². The van der Waals surface area contributed by atoms with Crippen LogP contribution in [0.3, 0.4) is 0 Å². The fraction of sp³-hybridized carbons (Fsp3) is 1.00. The van der Waals surface area contributed by atoms with Crippen LogP contribution in [0.15, 0.2) is 0 Å². The molecule has 56 valence electrons. The Labute approximate surface area is 60.6 Å². The van der Waals surface area contributed by atoms with Crippen LogP contribution in [-0.4, -0.2) is 16.5 Å². The monoisotopic (exact) mass is 168 g/mol. The van der Waals surface area contributed by atoms with Gasteiger partial charge in [0, 0.05) is 7.78 Å². The van der Waals surface area contributed by atoms with E-state index in [4.69, 9.17) is 4.18 Å². The fourth-order valence-electron chi connectivity index (χ4n) is 0.327. The van der Waals surface area contributed by atoms with Gasteiger partial charge >= 0.3 is 0 Å². The second kappa shape index (κ2) is 5.33. The topological polar surface area (TPSA) is 26.3 Å². The molecule has 0 rings (SSSR count). The van der Waals surface area contributed by atoms with Crippen molar-refractivity contribution in [2.45, 2.75) is 26.9 Å². The first kappa shape index (κ1) is 9.54. The van der Waals surface area contributed by atoms with Gasteiger partial charge in [0.25, 0.3) is 0 Å². The smallest absolute Gasteiger partial charge is 0.173 e. The van der Waals surface area contributed by atoms with E-state index in [9.17, 15) is 4.21 Å². The van der Waals surface area contributed by atoms with Gasteiger partial charge in [-0.25, -0.2) is 4.21 Å². The van der Waals surface area contributed by atoms with E-state index in [-0.39, 0.29) is 6.10 Å². The average Bonchev–Trinajstić information content (AvgIpc) is 1.63. The molecule has 0 spiro atoms. The average molecular weight is 168 g/mol. The van der Waals surface area contributed by atoms with Crippen LogP contribution in [0.1, 0.15) is 20.8 Å². The van der Waals surface area contributed by atoms with Crippen molar-refractivity contribution in [1.29, 1.82) is 0 Å². The third kappa shape index (κ3) is 6.42. The van der Waals surface area contributed by atoms with Gasteiger partial charge in [0.15, 0.2) is 10.7 Å². The summed E-state index contributed by atoms with van der Waals surface area (Å²) in [5.41, 5.74) is 0. The maximum absolute atomic E-state index is 10.8. The maximum Gasteiger partial charge on any atom is 0.173 e. The van der Waals surface area contributed by atoms with Crippen molar-refractivity contribution >= 4 is 18.5 Å². The number of rotatable bonds is 4. The van der Waals surface area contributed by atoms with Gasteiger partial charge in [-0.05, 0) is 20.0 Å². The first-order chi connectivity index (χ1) is 4.16. The minimum atomic E-state index is -1.02. The zero-order valence-electron chi connectivity index (χ0n) is 6.01. The predicted octanol–water partition coefficient (Wildman–Crippen LogP) is 1.69. The lowest BCUT2D eigenvalue weighted by Gasteiger charge is -2.03. The highest BCUT2D eigenvalue weighted by Crippen LogP contribution is 2.17. The van der Waals surface area contributed by atoms with Crippen LogP contribution in [0.5, 0.6) is 0 Å². The van der Waals surface area contributed by atoms with E-state index in [1.807, 2.05) is 20.8 Å². The minimum Gasteiger partial charge on any atom is -0.285 e. The van der Waals surface area contributed by atoms with Gasteiger partial charge in [0.1, 0.15) is 0 Å². The Kier molecular flexibility index (Phi) is 5.65. The van der Waals surface area contributed by atoms with Crippen molar-refractivity contribution in [3.63, 3.8) is 0 Å². The third-order valence-electron chi connectivity index (χ3n) is 0.542. The molecule has 0 saturated heterocycles. The Morgan fingerprint density at radius 3 is 2.56 bits per heavy atom. The van der Waals surface area contributed by atoms with Crippen LogP contribution in [0.25, 0.3) is 0 Å². The second-order valence-electron chi connectivity index (χ2n) is 1.88. The first-order valence-electron chi connectivity index (χ1n) is 2.99. The molecule has 2 unspecified atom stereocenters. The van der Waals surface area contributed by atoms with Crippen LogP contribution < -0.4 is 0 Å². The summed E-state index contributed by atoms with van der Waals surface area (Å²) in [6.45, 7) is 5.77. The number of hydrogen-bond donors (Lipinski definition) is 0. The molecule has 0 amide bonds. The van der Waals surface area contributed by atoms with Crippen LogP contribution >= 0.6 is 7.78 Å². The molecule has 0 aliphatic heterocycles. The molecule has 0 radical (unpaired) electrons. The summed E-state index contributed by atoms with van der Waals surface area (Å²) in [6, 6.07) is 0. The molecule has 0 saturated carbocycles. The molecular weight excluding hydrogens is 155 g/mol. The van der Waals surface area contributed by atoms with Crippen molar-refractivity contribution < 1.29 is 8.39 Å². The van der Waals surface area contributed by atoms with Gasteiger partial charge in [-0.15, -0.1) is 0 Å². The quantitative estimate of drug-likeness (QED) is 0.597. The highest BCUT2D eigenvalue weighted by atomic mass is 32.7. The zero-order valence-corrected chi connectivity index (χ0v) is 7.83. The van der Waals surface area contributed by atoms with E-state index >= 15 is 0 Å². The van der Waals surface area contributed by atoms with E-state index in [2.05, 4.69) is 0 Å². The lowest BCUT2D eigenvalue weighted by atomic mass is 10.5. The molecule has 0 aromatic heterocycles. The van der Waals surface area contributed by atoms with Crippen molar-refractivity contribution in [3.8, 4) is 0 Å². The normalized spacial score (nSPS) is 15.6. The molecule has 4 heteroatoms. The van der Waals surface area contributed by atoms with Crippen molar-refractivity contribution in [2.75, 3.05) is 6.16 Å². The van der Waals surface area contributed by atoms with Gasteiger partial charge in [0.05, 0.1) is 6.10 Å². The van der Waals surface area contributed by atoms with Crippen LogP contribution in [0.2, 0.25) is 0 Å². The van der Waals surface area contributed by atoms with E-state index in [1.54, 1.807) is 0 Å². The summed E-state index contributed by atoms with van der Waals surface area (Å²) in [7, 11) is -0.591. The van der Waals surface area contributed by atoms with E-state index in [0.29, 0.717) is 7.78 Å². The van der Waals surface area contributed by atoms with Gasteiger partial charge < -0.3 is 0 Å². The maximum atomic E-state index is 10.8. The van der Waals surface area contributed by atoms with Gasteiger partial charge in [0.2, 0.25) is 0 Å². The number of hydrogen-bond acceptors (Lipinski definition) is 2. The Bertz CT molecular complexity index is 95.0. The fourth-order valence-corrected chi connectivity index (χ4v) is 2.47. The zero-order chi connectivity index (χ0) is 7.28. The standard InChI is InChI=1S/C5H13O2PS/c1-4-8-9(6)7-5(2)3/h5,8H,4H2,1-3H3. The van der Waals surface area contributed by atoms with E-state index in [1.165, 1.54) is 0 Å². The first-order valence-corrected chi connectivity index (χ1v) is 6.00.